The Kier molecular flexibility index (Phi) is 4.05. The van der Waals surface area contributed by atoms with Crippen molar-refractivity contribution in [1.82, 2.24) is 4.72 Å². The second kappa shape index (κ2) is 5.05. The molecule has 1 aliphatic carbocycles. The summed E-state index contributed by atoms with van der Waals surface area (Å²) in [5.41, 5.74) is 0.779. The van der Waals surface area contributed by atoms with Crippen LogP contribution >= 0.6 is 34.5 Å². The molecule has 1 aromatic rings. The molecule has 7 heteroatoms. The van der Waals surface area contributed by atoms with Crippen LogP contribution in [-0.4, -0.2) is 20.3 Å². The molecule has 1 saturated carbocycles. The van der Waals surface area contributed by atoms with Crippen LogP contribution in [0.3, 0.4) is 0 Å². The third kappa shape index (κ3) is 3.35. The van der Waals surface area contributed by atoms with Crippen LogP contribution in [0.15, 0.2) is 10.3 Å². The second-order valence-electron chi connectivity index (χ2n) is 4.23. The van der Waals surface area contributed by atoms with Gasteiger partial charge < -0.3 is 0 Å². The van der Waals surface area contributed by atoms with Crippen LogP contribution in [0.1, 0.15) is 18.4 Å². The van der Waals surface area contributed by atoms with Crippen molar-refractivity contribution in [2.75, 3.05) is 6.54 Å². The lowest BCUT2D eigenvalue weighted by Crippen LogP contribution is -2.30. The second-order valence-corrected chi connectivity index (χ2v) is 8.44. The summed E-state index contributed by atoms with van der Waals surface area (Å²) in [6.07, 6.45) is 2.19. The van der Waals surface area contributed by atoms with Gasteiger partial charge in [-0.1, -0.05) is 11.6 Å². The lowest BCUT2D eigenvalue weighted by molar-refractivity contribution is 0.578. The van der Waals surface area contributed by atoms with Gasteiger partial charge in [-0.05, 0) is 37.3 Å². The molecule has 1 fully saturated rings. The predicted octanol–water partition coefficient (Wildman–Crippen LogP) is 3.01. The summed E-state index contributed by atoms with van der Waals surface area (Å²) in [5, 5.41) is -0.110. The van der Waals surface area contributed by atoms with Crippen LogP contribution in [0.2, 0.25) is 4.34 Å². The van der Waals surface area contributed by atoms with Crippen molar-refractivity contribution in [2.45, 2.75) is 29.4 Å². The monoisotopic (exact) mass is 313 g/mol. The maximum absolute atomic E-state index is 11.9. The number of nitrogens with one attached hydrogen (secondary N) is 1. The van der Waals surface area contributed by atoms with E-state index < -0.39 is 10.0 Å². The van der Waals surface area contributed by atoms with Gasteiger partial charge in [-0.25, -0.2) is 13.1 Å². The number of aryl methyl sites for hydroxylation is 1. The molecule has 0 aliphatic heterocycles. The van der Waals surface area contributed by atoms with Crippen LogP contribution in [0.25, 0.3) is 0 Å². The zero-order valence-corrected chi connectivity index (χ0v) is 12.4. The van der Waals surface area contributed by atoms with Gasteiger partial charge in [-0.15, -0.1) is 22.9 Å². The van der Waals surface area contributed by atoms with E-state index in [1.54, 1.807) is 13.0 Å². The Morgan fingerprint density at radius 3 is 2.71 bits per heavy atom. The molecule has 3 nitrogen and oxygen atoms in total. The van der Waals surface area contributed by atoms with Gasteiger partial charge >= 0.3 is 0 Å². The third-order valence-electron chi connectivity index (χ3n) is 2.70. The maximum atomic E-state index is 11.9. The van der Waals surface area contributed by atoms with E-state index in [9.17, 15) is 8.42 Å². The molecule has 0 amide bonds. The van der Waals surface area contributed by atoms with Crippen LogP contribution in [0.4, 0.5) is 0 Å². The van der Waals surface area contributed by atoms with E-state index >= 15 is 0 Å². The average molecular weight is 314 g/mol. The van der Waals surface area contributed by atoms with Crippen LogP contribution in [0.5, 0.6) is 0 Å². The Hall–Kier alpha value is 0.190. The molecule has 0 spiro atoms. The summed E-state index contributed by atoms with van der Waals surface area (Å²) >= 11 is 13.0. The number of hydrogen-bond acceptors (Lipinski definition) is 3. The van der Waals surface area contributed by atoms with Crippen molar-refractivity contribution in [3.63, 3.8) is 0 Å². The van der Waals surface area contributed by atoms with Gasteiger partial charge in [0.2, 0.25) is 10.0 Å². The van der Waals surface area contributed by atoms with Crippen LogP contribution < -0.4 is 4.72 Å². The molecule has 0 bridgehead atoms. The average Bonchev–Trinajstić information content (AvgIpc) is 3.04. The number of hydrogen-bond donors (Lipinski definition) is 1. The fraction of sp³-hybridized carbons (Fsp3) is 0.600. The summed E-state index contributed by atoms with van der Waals surface area (Å²) in [7, 11) is -3.46. The molecule has 1 N–H and O–H groups in total. The summed E-state index contributed by atoms with van der Waals surface area (Å²) in [6.45, 7) is 2.07. The highest BCUT2D eigenvalue weighted by atomic mass is 35.5. The zero-order valence-electron chi connectivity index (χ0n) is 9.24. The fourth-order valence-corrected chi connectivity index (χ4v) is 4.68. The minimum absolute atomic E-state index is 0.110. The number of sulfonamides is 1. The van der Waals surface area contributed by atoms with Crippen molar-refractivity contribution in [3.8, 4) is 0 Å². The molecule has 96 valence electrons. The van der Waals surface area contributed by atoms with Crippen molar-refractivity contribution in [1.29, 1.82) is 0 Å². The number of alkyl halides is 1. The van der Waals surface area contributed by atoms with Gasteiger partial charge in [0.15, 0.2) is 0 Å². The number of thiophene rings is 1. The minimum Gasteiger partial charge on any atom is -0.209 e. The Bertz CT molecular complexity index is 489. The van der Waals surface area contributed by atoms with Crippen LogP contribution in [0, 0.1) is 12.8 Å². The minimum atomic E-state index is -3.46. The highest BCUT2D eigenvalue weighted by Gasteiger charge is 2.30. The van der Waals surface area contributed by atoms with Gasteiger partial charge in [0.05, 0.1) is 4.34 Å². The van der Waals surface area contributed by atoms with E-state index in [0.29, 0.717) is 10.3 Å². The van der Waals surface area contributed by atoms with E-state index in [1.165, 1.54) is 0 Å². The summed E-state index contributed by atoms with van der Waals surface area (Å²) in [5.74, 6) is 0.466. The van der Waals surface area contributed by atoms with Gasteiger partial charge in [0, 0.05) is 11.9 Å². The molecule has 2 rings (SSSR count). The lowest BCUT2D eigenvalue weighted by atomic mass is 10.3. The standard InChI is InChI=1S/C10H13Cl2NO2S2/c1-6-4-9(16-10(6)12)17(14,15)13-5-8(11)7-2-3-7/h4,7-8,13H,2-3,5H2,1H3. The molecule has 0 radical (unpaired) electrons. The lowest BCUT2D eigenvalue weighted by Gasteiger charge is -2.08. The highest BCUT2D eigenvalue weighted by Crippen LogP contribution is 2.35. The Balaban J connectivity index is 2.02. The SMILES string of the molecule is Cc1cc(S(=O)(=O)NCC(Cl)C2CC2)sc1Cl. The van der Waals surface area contributed by atoms with Crippen molar-refractivity contribution in [2.24, 2.45) is 5.92 Å². The molecule has 1 heterocycles. The van der Waals surface area contributed by atoms with Crippen molar-refractivity contribution >= 4 is 44.6 Å². The first-order valence-corrected chi connectivity index (χ1v) is 8.41. The molecular weight excluding hydrogens is 301 g/mol. The Morgan fingerprint density at radius 1 is 1.59 bits per heavy atom. The molecule has 0 saturated heterocycles. The molecule has 0 aromatic carbocycles. The van der Waals surface area contributed by atoms with Gasteiger partial charge in [0.1, 0.15) is 4.21 Å². The molecule has 1 atom stereocenters. The van der Waals surface area contributed by atoms with Gasteiger partial charge in [-0.2, -0.15) is 0 Å². The third-order valence-corrected chi connectivity index (χ3v) is 6.66. The van der Waals surface area contributed by atoms with Crippen LogP contribution in [-0.2, 0) is 10.0 Å². The van der Waals surface area contributed by atoms with Crippen molar-refractivity contribution < 1.29 is 8.42 Å². The zero-order chi connectivity index (χ0) is 12.6. The first-order chi connectivity index (χ1) is 7.90. The topological polar surface area (TPSA) is 46.2 Å². The first-order valence-electron chi connectivity index (χ1n) is 5.30. The normalized spacial score (nSPS) is 18.3. The molecule has 1 aromatic heterocycles. The van der Waals surface area contributed by atoms with Gasteiger partial charge in [0.25, 0.3) is 0 Å². The van der Waals surface area contributed by atoms with E-state index in [-0.39, 0.29) is 16.1 Å². The summed E-state index contributed by atoms with van der Waals surface area (Å²) < 4.78 is 27.1. The summed E-state index contributed by atoms with van der Waals surface area (Å²) in [6, 6.07) is 1.58. The maximum Gasteiger partial charge on any atom is 0.250 e. The summed E-state index contributed by atoms with van der Waals surface area (Å²) in [4.78, 5) is 0. The van der Waals surface area contributed by atoms with E-state index in [2.05, 4.69) is 4.72 Å². The first kappa shape index (κ1) is 13.6. The van der Waals surface area contributed by atoms with Crippen molar-refractivity contribution in [3.05, 3.63) is 16.0 Å². The number of halogens is 2. The predicted molar refractivity (Wildman–Crippen MR) is 71.6 cm³/mol. The van der Waals surface area contributed by atoms with Gasteiger partial charge in [-0.3, -0.25) is 0 Å². The molecule has 1 unspecified atom stereocenters. The molecule has 1 aliphatic rings. The largest absolute Gasteiger partial charge is 0.250 e. The van der Waals surface area contributed by atoms with E-state index in [0.717, 1.165) is 29.7 Å². The van der Waals surface area contributed by atoms with E-state index in [1.807, 2.05) is 0 Å². The molecular formula is C10H13Cl2NO2S2. The Labute approximate surface area is 115 Å². The Morgan fingerprint density at radius 2 is 2.24 bits per heavy atom. The highest BCUT2D eigenvalue weighted by molar-refractivity contribution is 7.91. The molecule has 17 heavy (non-hydrogen) atoms. The quantitative estimate of drug-likeness (QED) is 0.849. The number of rotatable bonds is 5. The fourth-order valence-electron chi connectivity index (χ4n) is 1.45. The van der Waals surface area contributed by atoms with E-state index in [4.69, 9.17) is 23.2 Å². The smallest absolute Gasteiger partial charge is 0.209 e.